The fourth-order valence-corrected chi connectivity index (χ4v) is 2.68. The molecule has 2 aromatic carbocycles. The van der Waals surface area contributed by atoms with Gasteiger partial charge in [0.2, 0.25) is 5.78 Å². The minimum absolute atomic E-state index is 0.0497. The molecule has 0 amide bonds. The fraction of sp³-hybridized carbons (Fsp3) is 0.118. The highest BCUT2D eigenvalue weighted by Crippen LogP contribution is 2.27. The number of halogens is 1. The summed E-state index contributed by atoms with van der Waals surface area (Å²) in [5, 5.41) is 0.915. The molecule has 1 heterocycles. The Hall–Kier alpha value is -2.07. The van der Waals surface area contributed by atoms with Crippen LogP contribution in [0.1, 0.15) is 16.1 Å². The van der Waals surface area contributed by atoms with Crippen molar-refractivity contribution in [2.45, 2.75) is 6.42 Å². The van der Waals surface area contributed by atoms with Crippen molar-refractivity contribution in [3.8, 4) is 5.75 Å². The second-order valence-electron chi connectivity index (χ2n) is 4.72. The van der Waals surface area contributed by atoms with Crippen LogP contribution in [0.5, 0.6) is 5.75 Å². The van der Waals surface area contributed by atoms with E-state index in [9.17, 15) is 4.79 Å². The number of hydrogen-bond donors (Lipinski definition) is 0. The van der Waals surface area contributed by atoms with Crippen LogP contribution in [-0.4, -0.2) is 12.9 Å². The maximum Gasteiger partial charge on any atom is 0.202 e. The van der Waals surface area contributed by atoms with Gasteiger partial charge in [-0.1, -0.05) is 24.3 Å². The Morgan fingerprint density at radius 3 is 2.76 bits per heavy atom. The van der Waals surface area contributed by atoms with Crippen molar-refractivity contribution in [3.05, 3.63) is 64.3 Å². The van der Waals surface area contributed by atoms with Crippen LogP contribution in [0.3, 0.4) is 0 Å². The maximum absolute atomic E-state index is 12.3. The summed E-state index contributed by atoms with van der Waals surface area (Å²) >= 11 is 3.42. The third-order valence-corrected chi connectivity index (χ3v) is 3.89. The smallest absolute Gasteiger partial charge is 0.202 e. The van der Waals surface area contributed by atoms with Crippen LogP contribution in [0.15, 0.2) is 57.4 Å². The fourth-order valence-electron chi connectivity index (χ4n) is 2.22. The van der Waals surface area contributed by atoms with Crippen LogP contribution in [0.4, 0.5) is 0 Å². The molecule has 0 spiro atoms. The number of Topliss-reactive ketones (excluding diaryl/α,β-unsaturated/α-hetero) is 1. The van der Waals surface area contributed by atoms with Gasteiger partial charge in [-0.15, -0.1) is 0 Å². The lowest BCUT2D eigenvalue weighted by Gasteiger charge is -2.02. The molecule has 0 atom stereocenters. The summed E-state index contributed by atoms with van der Waals surface area (Å²) in [5.74, 6) is 1.07. The van der Waals surface area contributed by atoms with Crippen LogP contribution in [0.2, 0.25) is 0 Å². The number of para-hydroxylation sites is 1. The number of ether oxygens (including phenoxy) is 1. The average Bonchev–Trinajstić information content (AvgIpc) is 2.93. The van der Waals surface area contributed by atoms with Gasteiger partial charge >= 0.3 is 0 Å². The van der Waals surface area contributed by atoms with Crippen molar-refractivity contribution in [1.82, 2.24) is 0 Å². The van der Waals surface area contributed by atoms with E-state index in [1.807, 2.05) is 42.5 Å². The van der Waals surface area contributed by atoms with Gasteiger partial charge in [0.05, 0.1) is 11.6 Å². The van der Waals surface area contributed by atoms with Crippen molar-refractivity contribution in [2.75, 3.05) is 7.11 Å². The van der Waals surface area contributed by atoms with Crippen LogP contribution in [-0.2, 0) is 6.42 Å². The number of rotatable bonds is 4. The minimum Gasteiger partial charge on any atom is -0.497 e. The molecule has 0 aliphatic rings. The number of hydrogen-bond acceptors (Lipinski definition) is 3. The number of furan rings is 1. The maximum atomic E-state index is 12.3. The van der Waals surface area contributed by atoms with E-state index >= 15 is 0 Å². The number of methoxy groups -OCH3 is 1. The molecule has 0 bridgehead atoms. The molecular weight excluding hydrogens is 332 g/mol. The number of carbonyl (C=O) groups is 1. The molecule has 0 N–H and O–H groups in total. The summed E-state index contributed by atoms with van der Waals surface area (Å²) in [7, 11) is 1.61. The first-order valence-corrected chi connectivity index (χ1v) is 7.31. The molecule has 0 unspecified atom stereocenters. The predicted molar refractivity (Wildman–Crippen MR) is 84.9 cm³/mol. The van der Waals surface area contributed by atoms with Gasteiger partial charge in [-0.2, -0.15) is 0 Å². The Morgan fingerprint density at radius 1 is 1.19 bits per heavy atom. The molecule has 4 heteroatoms. The van der Waals surface area contributed by atoms with Crippen molar-refractivity contribution in [1.29, 1.82) is 0 Å². The van der Waals surface area contributed by atoms with Gasteiger partial charge < -0.3 is 9.15 Å². The quantitative estimate of drug-likeness (QED) is 0.647. The normalized spacial score (nSPS) is 10.8. The lowest BCUT2D eigenvalue weighted by molar-refractivity contribution is 0.0968. The van der Waals surface area contributed by atoms with Gasteiger partial charge in [-0.05, 0) is 45.8 Å². The number of benzene rings is 2. The van der Waals surface area contributed by atoms with Crippen molar-refractivity contribution >= 4 is 32.7 Å². The molecular formula is C17H13BrO3. The molecule has 3 aromatic rings. The molecule has 0 saturated heterocycles. The number of carbonyl (C=O) groups excluding carboxylic acids is 1. The zero-order valence-electron chi connectivity index (χ0n) is 11.4. The standard InChI is InChI=1S/C17H13BrO3/c1-20-13-6-2-4-11(8-13)9-15(19)16-10-12-5-3-7-14(18)17(12)21-16/h2-8,10H,9H2,1H3. The summed E-state index contributed by atoms with van der Waals surface area (Å²) in [5.41, 5.74) is 1.60. The van der Waals surface area contributed by atoms with Crippen molar-refractivity contribution in [2.24, 2.45) is 0 Å². The average molecular weight is 345 g/mol. The van der Waals surface area contributed by atoms with Gasteiger partial charge in [-0.3, -0.25) is 4.79 Å². The largest absolute Gasteiger partial charge is 0.497 e. The molecule has 3 nitrogen and oxygen atoms in total. The Labute approximate surface area is 130 Å². The summed E-state index contributed by atoms with van der Waals surface area (Å²) in [6, 6.07) is 15.0. The van der Waals surface area contributed by atoms with Crippen LogP contribution in [0.25, 0.3) is 11.0 Å². The van der Waals surface area contributed by atoms with Gasteiger partial charge in [-0.25, -0.2) is 0 Å². The van der Waals surface area contributed by atoms with E-state index in [1.165, 1.54) is 0 Å². The third kappa shape index (κ3) is 2.85. The second kappa shape index (κ2) is 5.74. The summed E-state index contributed by atoms with van der Waals surface area (Å²) in [6.07, 6.45) is 0.286. The summed E-state index contributed by atoms with van der Waals surface area (Å²) < 4.78 is 11.7. The first-order valence-electron chi connectivity index (χ1n) is 6.51. The predicted octanol–water partition coefficient (Wildman–Crippen LogP) is 4.63. The van der Waals surface area contributed by atoms with Crippen LogP contribution in [0, 0.1) is 0 Å². The first-order chi connectivity index (χ1) is 10.2. The molecule has 0 saturated carbocycles. The molecule has 0 aliphatic heterocycles. The molecule has 0 aliphatic carbocycles. The monoisotopic (exact) mass is 344 g/mol. The highest BCUT2D eigenvalue weighted by atomic mass is 79.9. The first kappa shape index (κ1) is 13.9. The van der Waals surface area contributed by atoms with Crippen molar-refractivity contribution in [3.63, 3.8) is 0 Å². The SMILES string of the molecule is COc1cccc(CC(=O)c2cc3cccc(Br)c3o2)c1. The van der Waals surface area contributed by atoms with E-state index < -0.39 is 0 Å². The van der Waals surface area contributed by atoms with E-state index in [0.29, 0.717) is 11.3 Å². The van der Waals surface area contributed by atoms with Crippen LogP contribution >= 0.6 is 15.9 Å². The number of ketones is 1. The van der Waals surface area contributed by atoms with Crippen molar-refractivity contribution < 1.29 is 13.9 Å². The molecule has 106 valence electrons. The summed E-state index contributed by atoms with van der Waals surface area (Å²) in [6.45, 7) is 0. The summed E-state index contributed by atoms with van der Waals surface area (Å²) in [4.78, 5) is 12.3. The van der Waals surface area contributed by atoms with Gasteiger partial charge in [0, 0.05) is 11.8 Å². The van der Waals surface area contributed by atoms with Gasteiger partial charge in [0.25, 0.3) is 0 Å². The Morgan fingerprint density at radius 2 is 2.00 bits per heavy atom. The van der Waals surface area contributed by atoms with E-state index in [2.05, 4.69) is 15.9 Å². The Bertz CT molecular complexity index is 805. The minimum atomic E-state index is -0.0497. The van der Waals surface area contributed by atoms with E-state index in [4.69, 9.17) is 9.15 Å². The zero-order valence-corrected chi connectivity index (χ0v) is 13.0. The van der Waals surface area contributed by atoms with E-state index in [-0.39, 0.29) is 12.2 Å². The highest BCUT2D eigenvalue weighted by Gasteiger charge is 2.14. The zero-order chi connectivity index (χ0) is 14.8. The third-order valence-electron chi connectivity index (χ3n) is 3.27. The second-order valence-corrected chi connectivity index (χ2v) is 5.57. The molecule has 1 aromatic heterocycles. The lowest BCUT2D eigenvalue weighted by Crippen LogP contribution is -2.02. The molecule has 0 fully saturated rings. The van der Waals surface area contributed by atoms with Crippen LogP contribution < -0.4 is 4.74 Å². The van der Waals surface area contributed by atoms with Gasteiger partial charge in [0.1, 0.15) is 11.3 Å². The lowest BCUT2D eigenvalue weighted by atomic mass is 10.1. The molecule has 21 heavy (non-hydrogen) atoms. The Kier molecular flexibility index (Phi) is 3.80. The Balaban J connectivity index is 1.88. The van der Waals surface area contributed by atoms with Gasteiger partial charge in [0.15, 0.2) is 5.76 Å². The topological polar surface area (TPSA) is 39.4 Å². The van der Waals surface area contributed by atoms with E-state index in [0.717, 1.165) is 21.2 Å². The number of fused-ring (bicyclic) bond motifs is 1. The van der Waals surface area contributed by atoms with E-state index in [1.54, 1.807) is 13.2 Å². The molecule has 0 radical (unpaired) electrons. The molecule has 3 rings (SSSR count). The highest BCUT2D eigenvalue weighted by molar-refractivity contribution is 9.10.